The Morgan fingerprint density at radius 1 is 1.20 bits per heavy atom. The van der Waals surface area contributed by atoms with Gasteiger partial charge in [-0.3, -0.25) is 0 Å². The SMILES string of the molecule is CC(C)C[N]CC(C)(C)C. The van der Waals surface area contributed by atoms with E-state index in [0.717, 1.165) is 13.1 Å². The van der Waals surface area contributed by atoms with E-state index in [4.69, 9.17) is 0 Å². The van der Waals surface area contributed by atoms with Gasteiger partial charge >= 0.3 is 0 Å². The summed E-state index contributed by atoms with van der Waals surface area (Å²) in [6, 6.07) is 0. The summed E-state index contributed by atoms with van der Waals surface area (Å²) >= 11 is 0. The maximum atomic E-state index is 4.44. The molecule has 0 aromatic heterocycles. The summed E-state index contributed by atoms with van der Waals surface area (Å²) in [5.74, 6) is 0.711. The van der Waals surface area contributed by atoms with E-state index in [2.05, 4.69) is 39.9 Å². The van der Waals surface area contributed by atoms with E-state index >= 15 is 0 Å². The lowest BCUT2D eigenvalue weighted by atomic mass is 9.97. The molecule has 0 N–H and O–H groups in total. The van der Waals surface area contributed by atoms with Crippen LogP contribution in [0.4, 0.5) is 0 Å². The number of rotatable bonds is 3. The average Bonchev–Trinajstić information content (AvgIpc) is 1.59. The first-order valence-corrected chi connectivity index (χ1v) is 4.05. The zero-order valence-corrected chi connectivity index (χ0v) is 7.94. The maximum absolute atomic E-state index is 4.44. The lowest BCUT2D eigenvalue weighted by Gasteiger charge is -2.17. The third-order valence-corrected chi connectivity index (χ3v) is 1.08. The number of nitrogens with zero attached hydrogens (tertiary/aromatic N) is 1. The van der Waals surface area contributed by atoms with E-state index in [9.17, 15) is 0 Å². The van der Waals surface area contributed by atoms with Crippen molar-refractivity contribution < 1.29 is 0 Å². The predicted molar refractivity (Wildman–Crippen MR) is 46.2 cm³/mol. The summed E-state index contributed by atoms with van der Waals surface area (Å²) in [5, 5.41) is 4.44. The fourth-order valence-corrected chi connectivity index (χ4v) is 0.658. The Balaban J connectivity index is 3.21. The molecule has 61 valence electrons. The van der Waals surface area contributed by atoms with Gasteiger partial charge in [0.1, 0.15) is 0 Å². The van der Waals surface area contributed by atoms with E-state index in [0.29, 0.717) is 11.3 Å². The molecule has 0 aromatic rings. The topological polar surface area (TPSA) is 14.1 Å². The molecular weight excluding hydrogens is 122 g/mol. The van der Waals surface area contributed by atoms with E-state index in [1.165, 1.54) is 0 Å². The van der Waals surface area contributed by atoms with Gasteiger partial charge in [0.2, 0.25) is 0 Å². The highest BCUT2D eigenvalue weighted by Gasteiger charge is 2.09. The van der Waals surface area contributed by atoms with Crippen LogP contribution in [0.15, 0.2) is 0 Å². The van der Waals surface area contributed by atoms with Crippen LogP contribution < -0.4 is 5.32 Å². The van der Waals surface area contributed by atoms with E-state index in [1.807, 2.05) is 0 Å². The molecule has 0 bridgehead atoms. The van der Waals surface area contributed by atoms with E-state index < -0.39 is 0 Å². The van der Waals surface area contributed by atoms with Crippen LogP contribution in [0.2, 0.25) is 0 Å². The molecule has 1 radical (unpaired) electrons. The standard InChI is InChI=1S/C9H20N/c1-8(2)6-10-7-9(3,4)5/h8H,6-7H2,1-5H3. The minimum absolute atomic E-state index is 0.370. The van der Waals surface area contributed by atoms with Gasteiger partial charge in [-0.25, -0.2) is 5.32 Å². The first-order chi connectivity index (χ1) is 4.42. The van der Waals surface area contributed by atoms with Gasteiger partial charge in [-0.1, -0.05) is 34.6 Å². The van der Waals surface area contributed by atoms with Crippen molar-refractivity contribution in [2.45, 2.75) is 34.6 Å². The van der Waals surface area contributed by atoms with Crippen LogP contribution in [0, 0.1) is 11.3 Å². The largest absolute Gasteiger partial charge is 0.241 e. The lowest BCUT2D eigenvalue weighted by Crippen LogP contribution is -2.23. The molecule has 0 unspecified atom stereocenters. The molecular formula is C9H20N. The number of hydrogen-bond acceptors (Lipinski definition) is 0. The zero-order valence-electron chi connectivity index (χ0n) is 7.94. The van der Waals surface area contributed by atoms with Crippen LogP contribution >= 0.6 is 0 Å². The Kier molecular flexibility index (Phi) is 3.95. The third kappa shape index (κ3) is 7.96. The van der Waals surface area contributed by atoms with Crippen molar-refractivity contribution in [3.05, 3.63) is 0 Å². The molecule has 1 heteroatoms. The average molecular weight is 142 g/mol. The van der Waals surface area contributed by atoms with Gasteiger partial charge in [0.25, 0.3) is 0 Å². The quantitative estimate of drug-likeness (QED) is 0.574. The summed E-state index contributed by atoms with van der Waals surface area (Å²) in [6.07, 6.45) is 0. The van der Waals surface area contributed by atoms with Crippen LogP contribution in [0.5, 0.6) is 0 Å². The summed E-state index contributed by atoms with van der Waals surface area (Å²) in [5.41, 5.74) is 0.370. The van der Waals surface area contributed by atoms with Crippen LogP contribution in [-0.2, 0) is 0 Å². The Morgan fingerprint density at radius 2 is 1.70 bits per heavy atom. The zero-order chi connectivity index (χ0) is 8.20. The van der Waals surface area contributed by atoms with Crippen molar-refractivity contribution in [1.29, 1.82) is 0 Å². The molecule has 0 saturated carbocycles. The van der Waals surface area contributed by atoms with Crippen molar-refractivity contribution in [3.8, 4) is 0 Å². The third-order valence-electron chi connectivity index (χ3n) is 1.08. The first-order valence-electron chi connectivity index (χ1n) is 4.05. The van der Waals surface area contributed by atoms with Gasteiger partial charge in [0.05, 0.1) is 0 Å². The Hall–Kier alpha value is -0.0400. The normalized spacial score (nSPS) is 12.6. The molecule has 0 rings (SSSR count). The predicted octanol–water partition coefficient (Wildman–Crippen LogP) is 2.29. The summed E-state index contributed by atoms with van der Waals surface area (Å²) < 4.78 is 0. The van der Waals surface area contributed by atoms with Crippen molar-refractivity contribution in [3.63, 3.8) is 0 Å². The van der Waals surface area contributed by atoms with Gasteiger partial charge in [-0.05, 0) is 11.3 Å². The Labute approximate surface area is 65.2 Å². The monoisotopic (exact) mass is 142 g/mol. The lowest BCUT2D eigenvalue weighted by molar-refractivity contribution is 0.363. The highest BCUT2D eigenvalue weighted by molar-refractivity contribution is 4.64. The van der Waals surface area contributed by atoms with Gasteiger partial charge in [-0.2, -0.15) is 0 Å². The van der Waals surface area contributed by atoms with Gasteiger partial charge in [-0.15, -0.1) is 0 Å². The van der Waals surface area contributed by atoms with Gasteiger partial charge in [0.15, 0.2) is 0 Å². The van der Waals surface area contributed by atoms with Gasteiger partial charge in [0, 0.05) is 13.1 Å². The van der Waals surface area contributed by atoms with Crippen LogP contribution in [0.3, 0.4) is 0 Å². The Morgan fingerprint density at radius 3 is 2.00 bits per heavy atom. The van der Waals surface area contributed by atoms with Crippen LogP contribution in [0.25, 0.3) is 0 Å². The molecule has 0 aliphatic rings. The molecule has 0 spiro atoms. The maximum Gasteiger partial charge on any atom is 0.0182 e. The molecule has 0 aliphatic heterocycles. The molecule has 0 aromatic carbocycles. The second kappa shape index (κ2) is 3.97. The fraction of sp³-hybridized carbons (Fsp3) is 1.00. The molecule has 0 atom stereocenters. The Bertz CT molecular complexity index is 79.2. The second-order valence-electron chi connectivity index (χ2n) is 4.52. The summed E-state index contributed by atoms with van der Waals surface area (Å²) in [7, 11) is 0. The number of hydrogen-bond donors (Lipinski definition) is 0. The summed E-state index contributed by atoms with van der Waals surface area (Å²) in [4.78, 5) is 0. The van der Waals surface area contributed by atoms with Crippen molar-refractivity contribution in [2.75, 3.05) is 13.1 Å². The van der Waals surface area contributed by atoms with Crippen molar-refractivity contribution in [2.24, 2.45) is 11.3 Å². The summed E-state index contributed by atoms with van der Waals surface area (Å²) in [6.45, 7) is 13.1. The second-order valence-corrected chi connectivity index (χ2v) is 4.52. The first kappa shape index (κ1) is 9.96. The molecule has 0 saturated heterocycles. The van der Waals surface area contributed by atoms with Gasteiger partial charge < -0.3 is 0 Å². The molecule has 1 nitrogen and oxygen atoms in total. The molecule has 10 heavy (non-hydrogen) atoms. The molecule has 0 amide bonds. The van der Waals surface area contributed by atoms with Crippen molar-refractivity contribution in [1.82, 2.24) is 5.32 Å². The highest BCUT2D eigenvalue weighted by Crippen LogP contribution is 2.10. The van der Waals surface area contributed by atoms with Crippen molar-refractivity contribution >= 4 is 0 Å². The molecule has 0 heterocycles. The van der Waals surface area contributed by atoms with E-state index in [-0.39, 0.29) is 0 Å². The molecule has 0 aliphatic carbocycles. The fourth-order valence-electron chi connectivity index (χ4n) is 0.658. The van der Waals surface area contributed by atoms with Crippen LogP contribution in [0.1, 0.15) is 34.6 Å². The smallest absolute Gasteiger partial charge is 0.0182 e. The van der Waals surface area contributed by atoms with E-state index in [1.54, 1.807) is 0 Å². The highest BCUT2D eigenvalue weighted by atomic mass is 14.9. The minimum atomic E-state index is 0.370. The van der Waals surface area contributed by atoms with Crippen LogP contribution in [-0.4, -0.2) is 13.1 Å². The minimum Gasteiger partial charge on any atom is -0.241 e. The molecule has 0 fully saturated rings.